The van der Waals surface area contributed by atoms with Crippen molar-refractivity contribution in [3.05, 3.63) is 76.1 Å². The van der Waals surface area contributed by atoms with Crippen LogP contribution in [-0.2, 0) is 17.8 Å². The normalized spacial score (nSPS) is 10.6. The van der Waals surface area contributed by atoms with Gasteiger partial charge in [0.25, 0.3) is 5.56 Å². The van der Waals surface area contributed by atoms with E-state index in [0.717, 1.165) is 22.2 Å². The standard InChI is InChI=1S/C20H20N2O3/c1-25-17-8-9-18-15(12-17)11-16(20(24)22-18)13-21-19(23)10-7-14-5-3-2-4-6-14/h2-6,8-9,11-12H,7,10,13H2,1H3,(H,21,23)(H,22,24). The van der Waals surface area contributed by atoms with Crippen LogP contribution in [0.25, 0.3) is 10.9 Å². The van der Waals surface area contributed by atoms with E-state index in [2.05, 4.69) is 10.3 Å². The van der Waals surface area contributed by atoms with Crippen LogP contribution in [-0.4, -0.2) is 18.0 Å². The molecule has 5 nitrogen and oxygen atoms in total. The molecule has 0 aliphatic heterocycles. The number of hydrogen-bond donors (Lipinski definition) is 2. The van der Waals surface area contributed by atoms with E-state index in [4.69, 9.17) is 4.74 Å². The molecule has 2 aromatic carbocycles. The Morgan fingerprint density at radius 1 is 1.12 bits per heavy atom. The fourth-order valence-corrected chi connectivity index (χ4v) is 2.67. The van der Waals surface area contributed by atoms with Gasteiger partial charge in [0.15, 0.2) is 0 Å². The van der Waals surface area contributed by atoms with E-state index in [1.807, 2.05) is 36.4 Å². The number of nitrogens with one attached hydrogen (secondary N) is 2. The third-order valence-corrected chi connectivity index (χ3v) is 4.09. The molecule has 0 bridgehead atoms. The lowest BCUT2D eigenvalue weighted by molar-refractivity contribution is -0.121. The monoisotopic (exact) mass is 336 g/mol. The van der Waals surface area contributed by atoms with Gasteiger partial charge in [-0.05, 0) is 36.2 Å². The SMILES string of the molecule is COc1ccc2[nH]c(=O)c(CNC(=O)CCc3ccccc3)cc2c1. The summed E-state index contributed by atoms with van der Waals surface area (Å²) < 4.78 is 5.20. The fraction of sp³-hybridized carbons (Fsp3) is 0.200. The number of H-pyrrole nitrogens is 1. The lowest BCUT2D eigenvalue weighted by Crippen LogP contribution is -2.26. The Bertz CT molecular complexity index is 933. The van der Waals surface area contributed by atoms with Crippen molar-refractivity contribution in [2.45, 2.75) is 19.4 Å². The molecule has 0 atom stereocenters. The number of carbonyl (C=O) groups is 1. The lowest BCUT2D eigenvalue weighted by atomic mass is 10.1. The molecule has 3 aromatic rings. The van der Waals surface area contributed by atoms with Crippen LogP contribution in [0.2, 0.25) is 0 Å². The molecular weight excluding hydrogens is 316 g/mol. The van der Waals surface area contributed by atoms with Crippen molar-refractivity contribution >= 4 is 16.8 Å². The van der Waals surface area contributed by atoms with Crippen LogP contribution in [0.1, 0.15) is 17.5 Å². The minimum absolute atomic E-state index is 0.0750. The Hall–Kier alpha value is -3.08. The molecule has 0 aliphatic rings. The number of amides is 1. The quantitative estimate of drug-likeness (QED) is 0.727. The number of ether oxygens (including phenoxy) is 1. The summed E-state index contributed by atoms with van der Waals surface area (Å²) in [5, 5.41) is 3.68. The Kier molecular flexibility index (Phi) is 5.14. The molecule has 25 heavy (non-hydrogen) atoms. The third kappa shape index (κ3) is 4.26. The Morgan fingerprint density at radius 2 is 1.92 bits per heavy atom. The highest BCUT2D eigenvalue weighted by Crippen LogP contribution is 2.18. The molecule has 0 fully saturated rings. The summed E-state index contributed by atoms with van der Waals surface area (Å²) in [6.07, 6.45) is 1.07. The number of benzene rings is 2. The largest absolute Gasteiger partial charge is 0.497 e. The number of hydrogen-bond acceptors (Lipinski definition) is 3. The average molecular weight is 336 g/mol. The maximum Gasteiger partial charge on any atom is 0.253 e. The topological polar surface area (TPSA) is 71.2 Å². The second kappa shape index (κ2) is 7.66. The third-order valence-electron chi connectivity index (χ3n) is 4.09. The number of methoxy groups -OCH3 is 1. The number of carbonyl (C=O) groups excluding carboxylic acids is 1. The van der Waals surface area contributed by atoms with Crippen LogP contribution >= 0.6 is 0 Å². The number of aryl methyl sites for hydroxylation is 1. The molecule has 3 rings (SSSR count). The Balaban J connectivity index is 1.64. The zero-order valence-corrected chi connectivity index (χ0v) is 14.0. The summed E-state index contributed by atoms with van der Waals surface area (Å²) in [7, 11) is 1.60. The van der Waals surface area contributed by atoms with Gasteiger partial charge in [-0.3, -0.25) is 9.59 Å². The predicted molar refractivity (Wildman–Crippen MR) is 97.7 cm³/mol. The summed E-state index contributed by atoms with van der Waals surface area (Å²) in [6, 6.07) is 17.1. The molecule has 1 amide bonds. The zero-order valence-electron chi connectivity index (χ0n) is 14.0. The minimum atomic E-state index is -0.193. The van der Waals surface area contributed by atoms with Gasteiger partial charge in [-0.15, -0.1) is 0 Å². The van der Waals surface area contributed by atoms with Crippen molar-refractivity contribution in [2.24, 2.45) is 0 Å². The summed E-state index contributed by atoms with van der Waals surface area (Å²) in [5.74, 6) is 0.645. The van der Waals surface area contributed by atoms with Gasteiger partial charge in [0, 0.05) is 29.4 Å². The molecule has 1 aromatic heterocycles. The highest BCUT2D eigenvalue weighted by atomic mass is 16.5. The van der Waals surface area contributed by atoms with Crippen LogP contribution < -0.4 is 15.6 Å². The molecule has 0 saturated carbocycles. The van der Waals surface area contributed by atoms with Crippen LogP contribution in [0.15, 0.2) is 59.4 Å². The van der Waals surface area contributed by atoms with Crippen molar-refractivity contribution < 1.29 is 9.53 Å². The first-order valence-electron chi connectivity index (χ1n) is 8.16. The Labute approximate surface area is 145 Å². The molecule has 0 spiro atoms. The summed E-state index contributed by atoms with van der Waals surface area (Å²) >= 11 is 0. The maximum atomic E-state index is 12.1. The number of aromatic nitrogens is 1. The number of fused-ring (bicyclic) bond motifs is 1. The van der Waals surface area contributed by atoms with E-state index < -0.39 is 0 Å². The van der Waals surface area contributed by atoms with E-state index >= 15 is 0 Å². The molecule has 0 unspecified atom stereocenters. The number of pyridine rings is 1. The molecule has 5 heteroatoms. The summed E-state index contributed by atoms with van der Waals surface area (Å²) in [5.41, 5.74) is 2.19. The summed E-state index contributed by atoms with van der Waals surface area (Å²) in [4.78, 5) is 27.0. The highest BCUT2D eigenvalue weighted by Gasteiger charge is 2.07. The number of rotatable bonds is 6. The van der Waals surface area contributed by atoms with Crippen molar-refractivity contribution in [3.63, 3.8) is 0 Å². The van der Waals surface area contributed by atoms with Crippen LogP contribution in [0.5, 0.6) is 5.75 Å². The van der Waals surface area contributed by atoms with Crippen molar-refractivity contribution in [1.29, 1.82) is 0 Å². The van der Waals surface area contributed by atoms with E-state index in [-0.39, 0.29) is 18.0 Å². The molecule has 0 radical (unpaired) electrons. The van der Waals surface area contributed by atoms with Gasteiger partial charge in [0.05, 0.1) is 7.11 Å². The van der Waals surface area contributed by atoms with Gasteiger partial charge >= 0.3 is 0 Å². The van der Waals surface area contributed by atoms with Gasteiger partial charge in [-0.25, -0.2) is 0 Å². The molecule has 0 aliphatic carbocycles. The average Bonchev–Trinajstić information content (AvgIpc) is 2.65. The first kappa shape index (κ1) is 16.8. The highest BCUT2D eigenvalue weighted by molar-refractivity contribution is 5.81. The lowest BCUT2D eigenvalue weighted by Gasteiger charge is -2.07. The van der Waals surface area contributed by atoms with Crippen molar-refractivity contribution in [2.75, 3.05) is 7.11 Å². The first-order chi connectivity index (χ1) is 12.2. The van der Waals surface area contributed by atoms with Gasteiger partial charge in [0.2, 0.25) is 5.91 Å². The minimum Gasteiger partial charge on any atom is -0.497 e. The zero-order chi connectivity index (χ0) is 17.6. The molecule has 2 N–H and O–H groups in total. The Morgan fingerprint density at radius 3 is 2.68 bits per heavy atom. The molecular formula is C20H20N2O3. The first-order valence-corrected chi connectivity index (χ1v) is 8.16. The van der Waals surface area contributed by atoms with Crippen molar-refractivity contribution in [3.8, 4) is 5.75 Å². The van der Waals surface area contributed by atoms with Crippen LogP contribution in [0.3, 0.4) is 0 Å². The maximum absolute atomic E-state index is 12.1. The van der Waals surface area contributed by atoms with E-state index in [1.165, 1.54) is 0 Å². The van der Waals surface area contributed by atoms with E-state index in [9.17, 15) is 9.59 Å². The number of aromatic amines is 1. The van der Waals surface area contributed by atoms with Crippen molar-refractivity contribution in [1.82, 2.24) is 10.3 Å². The second-order valence-electron chi connectivity index (χ2n) is 5.84. The molecule has 0 saturated heterocycles. The smallest absolute Gasteiger partial charge is 0.253 e. The molecule has 128 valence electrons. The summed E-state index contributed by atoms with van der Waals surface area (Å²) in [6.45, 7) is 0.204. The van der Waals surface area contributed by atoms with Crippen LogP contribution in [0.4, 0.5) is 0 Å². The van der Waals surface area contributed by atoms with Gasteiger partial charge < -0.3 is 15.0 Å². The fourth-order valence-electron chi connectivity index (χ4n) is 2.67. The van der Waals surface area contributed by atoms with Gasteiger partial charge in [-0.2, -0.15) is 0 Å². The van der Waals surface area contributed by atoms with Crippen LogP contribution in [0, 0.1) is 0 Å². The van der Waals surface area contributed by atoms with E-state index in [1.54, 1.807) is 25.3 Å². The van der Waals surface area contributed by atoms with Gasteiger partial charge in [0.1, 0.15) is 5.75 Å². The predicted octanol–water partition coefficient (Wildman–Crippen LogP) is 2.79. The van der Waals surface area contributed by atoms with E-state index in [0.29, 0.717) is 18.4 Å². The van der Waals surface area contributed by atoms with Gasteiger partial charge in [-0.1, -0.05) is 30.3 Å². The molecule has 1 heterocycles. The second-order valence-corrected chi connectivity index (χ2v) is 5.84.